The van der Waals surface area contributed by atoms with Crippen LogP contribution < -0.4 is 11.1 Å². The van der Waals surface area contributed by atoms with Gasteiger partial charge in [0.15, 0.2) is 0 Å². The van der Waals surface area contributed by atoms with Crippen LogP contribution in [0, 0.1) is 6.92 Å². The van der Waals surface area contributed by atoms with Crippen molar-refractivity contribution in [3.8, 4) is 0 Å². The Morgan fingerprint density at radius 1 is 1.39 bits per heavy atom. The summed E-state index contributed by atoms with van der Waals surface area (Å²) >= 11 is 0. The highest BCUT2D eigenvalue weighted by atomic mass is 16.2. The monoisotopic (exact) mass is 241 g/mol. The molecule has 0 spiro atoms. The van der Waals surface area contributed by atoms with Crippen LogP contribution in [-0.2, 0) is 4.79 Å². The fourth-order valence-corrected chi connectivity index (χ4v) is 2.03. The molecule has 1 heterocycles. The maximum atomic E-state index is 12.0. The molecule has 0 aliphatic heterocycles. The molecule has 0 atom stereocenters. The predicted octanol–water partition coefficient (Wildman–Crippen LogP) is 1.97. The molecule has 1 amide bonds. The number of nitrogens with one attached hydrogen (secondary N) is 1. The number of nitrogens with zero attached hydrogens (tertiary/aromatic N) is 1. The van der Waals surface area contributed by atoms with Crippen LogP contribution >= 0.6 is 0 Å². The van der Waals surface area contributed by atoms with Gasteiger partial charge in [0.2, 0.25) is 5.91 Å². The minimum atomic E-state index is -0.653. The van der Waals surface area contributed by atoms with Gasteiger partial charge in [-0.3, -0.25) is 9.78 Å². The standard InChI is InChI=1S/C14H15N3O/c1-9-4-5-11(10-3-2-8-16-12(9)10)17-13(18)14(15)6-7-14/h2-5,8H,6-7,15H2,1H3,(H,17,18). The third kappa shape index (κ3) is 1.75. The number of aryl methyl sites for hydroxylation is 1. The summed E-state index contributed by atoms with van der Waals surface area (Å²) in [6.45, 7) is 2.01. The van der Waals surface area contributed by atoms with Crippen LogP contribution in [-0.4, -0.2) is 16.4 Å². The number of aromatic nitrogens is 1. The van der Waals surface area contributed by atoms with Gasteiger partial charge in [-0.05, 0) is 43.5 Å². The Morgan fingerprint density at radius 2 is 2.17 bits per heavy atom. The van der Waals surface area contributed by atoms with E-state index in [1.807, 2.05) is 31.2 Å². The Bertz CT molecular complexity index is 632. The van der Waals surface area contributed by atoms with Crippen molar-refractivity contribution in [2.24, 2.45) is 5.73 Å². The van der Waals surface area contributed by atoms with Crippen molar-refractivity contribution in [1.82, 2.24) is 4.98 Å². The zero-order chi connectivity index (χ0) is 12.8. The Hall–Kier alpha value is -1.94. The van der Waals surface area contributed by atoms with Gasteiger partial charge < -0.3 is 11.1 Å². The molecule has 4 heteroatoms. The van der Waals surface area contributed by atoms with Gasteiger partial charge in [-0.1, -0.05) is 6.07 Å². The van der Waals surface area contributed by atoms with E-state index >= 15 is 0 Å². The van der Waals surface area contributed by atoms with Crippen LogP contribution in [0.1, 0.15) is 18.4 Å². The Kier molecular flexibility index (Phi) is 2.35. The van der Waals surface area contributed by atoms with Crippen LogP contribution in [0.2, 0.25) is 0 Å². The van der Waals surface area contributed by atoms with Gasteiger partial charge in [0.25, 0.3) is 0 Å². The third-order valence-corrected chi connectivity index (χ3v) is 3.46. The highest BCUT2D eigenvalue weighted by Gasteiger charge is 2.46. The lowest BCUT2D eigenvalue weighted by Crippen LogP contribution is -2.37. The van der Waals surface area contributed by atoms with Crippen molar-refractivity contribution < 1.29 is 4.79 Å². The van der Waals surface area contributed by atoms with Crippen molar-refractivity contribution in [2.75, 3.05) is 5.32 Å². The minimum Gasteiger partial charge on any atom is -0.324 e. The molecule has 1 fully saturated rings. The summed E-state index contributed by atoms with van der Waals surface area (Å²) < 4.78 is 0. The molecule has 1 aromatic heterocycles. The number of carbonyl (C=O) groups excluding carboxylic acids is 1. The van der Waals surface area contributed by atoms with E-state index in [1.165, 1.54) is 0 Å². The highest BCUT2D eigenvalue weighted by Crippen LogP contribution is 2.34. The molecular formula is C14H15N3O. The summed E-state index contributed by atoms with van der Waals surface area (Å²) in [4.78, 5) is 16.3. The molecule has 0 unspecified atom stereocenters. The lowest BCUT2D eigenvalue weighted by atomic mass is 10.1. The molecule has 3 N–H and O–H groups in total. The zero-order valence-electron chi connectivity index (χ0n) is 10.2. The van der Waals surface area contributed by atoms with Crippen molar-refractivity contribution in [1.29, 1.82) is 0 Å². The third-order valence-electron chi connectivity index (χ3n) is 3.46. The molecule has 3 rings (SSSR count). The Morgan fingerprint density at radius 3 is 2.89 bits per heavy atom. The maximum absolute atomic E-state index is 12.0. The van der Waals surface area contributed by atoms with E-state index in [2.05, 4.69) is 10.3 Å². The number of anilines is 1. The first-order chi connectivity index (χ1) is 8.60. The summed E-state index contributed by atoms with van der Waals surface area (Å²) in [6.07, 6.45) is 3.29. The molecule has 18 heavy (non-hydrogen) atoms. The number of amides is 1. The second kappa shape index (κ2) is 3.78. The van der Waals surface area contributed by atoms with Gasteiger partial charge in [-0.2, -0.15) is 0 Å². The summed E-state index contributed by atoms with van der Waals surface area (Å²) in [5.41, 5.74) is 8.02. The minimum absolute atomic E-state index is 0.100. The van der Waals surface area contributed by atoms with E-state index in [4.69, 9.17) is 5.73 Å². The van der Waals surface area contributed by atoms with Crippen LogP contribution in [0.5, 0.6) is 0 Å². The molecule has 4 nitrogen and oxygen atoms in total. The number of carbonyl (C=O) groups is 1. The Balaban J connectivity index is 2.02. The van der Waals surface area contributed by atoms with Gasteiger partial charge in [-0.15, -0.1) is 0 Å². The second-order valence-electron chi connectivity index (χ2n) is 4.94. The number of fused-ring (bicyclic) bond motifs is 1. The van der Waals surface area contributed by atoms with Gasteiger partial charge >= 0.3 is 0 Å². The molecule has 2 aromatic rings. The smallest absolute Gasteiger partial charge is 0.244 e. The van der Waals surface area contributed by atoms with Crippen molar-refractivity contribution >= 4 is 22.5 Å². The summed E-state index contributed by atoms with van der Waals surface area (Å²) in [6, 6.07) is 7.69. The molecule has 1 aliphatic rings. The normalized spacial score (nSPS) is 16.6. The summed E-state index contributed by atoms with van der Waals surface area (Å²) in [5.74, 6) is -0.100. The van der Waals surface area contributed by atoms with Crippen LogP contribution in [0.25, 0.3) is 10.9 Å². The lowest BCUT2D eigenvalue weighted by Gasteiger charge is -2.12. The van der Waals surface area contributed by atoms with Crippen molar-refractivity contribution in [3.63, 3.8) is 0 Å². The van der Waals surface area contributed by atoms with Crippen LogP contribution in [0.4, 0.5) is 5.69 Å². The predicted molar refractivity (Wildman–Crippen MR) is 71.3 cm³/mol. The SMILES string of the molecule is Cc1ccc(NC(=O)C2(N)CC2)c2cccnc12. The first kappa shape index (κ1) is 11.2. The van der Waals surface area contributed by atoms with E-state index in [9.17, 15) is 4.79 Å². The molecule has 1 aromatic carbocycles. The number of pyridine rings is 1. The Labute approximate surface area is 105 Å². The second-order valence-corrected chi connectivity index (χ2v) is 4.94. The number of benzene rings is 1. The quantitative estimate of drug-likeness (QED) is 0.844. The van der Waals surface area contributed by atoms with Gasteiger partial charge in [-0.25, -0.2) is 0 Å². The van der Waals surface area contributed by atoms with Crippen LogP contribution in [0.15, 0.2) is 30.5 Å². The molecule has 0 radical (unpaired) electrons. The van der Waals surface area contributed by atoms with E-state index in [0.29, 0.717) is 0 Å². The summed E-state index contributed by atoms with van der Waals surface area (Å²) in [5, 5.41) is 3.86. The van der Waals surface area contributed by atoms with Crippen molar-refractivity contribution in [3.05, 3.63) is 36.0 Å². The summed E-state index contributed by atoms with van der Waals surface area (Å²) in [7, 11) is 0. The molecule has 1 aliphatic carbocycles. The largest absolute Gasteiger partial charge is 0.324 e. The topological polar surface area (TPSA) is 68.0 Å². The number of rotatable bonds is 2. The molecule has 0 saturated heterocycles. The van der Waals surface area contributed by atoms with Gasteiger partial charge in [0, 0.05) is 11.6 Å². The molecular weight excluding hydrogens is 226 g/mol. The number of hydrogen-bond donors (Lipinski definition) is 2. The first-order valence-corrected chi connectivity index (χ1v) is 6.05. The van der Waals surface area contributed by atoms with E-state index in [1.54, 1.807) is 6.20 Å². The highest BCUT2D eigenvalue weighted by molar-refractivity contribution is 6.06. The average molecular weight is 241 g/mol. The first-order valence-electron chi connectivity index (χ1n) is 6.05. The number of hydrogen-bond acceptors (Lipinski definition) is 3. The lowest BCUT2D eigenvalue weighted by molar-refractivity contribution is -0.118. The fraction of sp³-hybridized carbons (Fsp3) is 0.286. The van der Waals surface area contributed by atoms with E-state index in [0.717, 1.165) is 35.0 Å². The van der Waals surface area contributed by atoms with E-state index in [-0.39, 0.29) is 5.91 Å². The maximum Gasteiger partial charge on any atom is 0.244 e. The number of nitrogens with two attached hydrogens (primary N) is 1. The molecule has 1 saturated carbocycles. The van der Waals surface area contributed by atoms with Gasteiger partial charge in [0.1, 0.15) is 0 Å². The van der Waals surface area contributed by atoms with Gasteiger partial charge in [0.05, 0.1) is 16.7 Å². The average Bonchev–Trinajstić information content (AvgIpc) is 3.13. The van der Waals surface area contributed by atoms with Crippen molar-refractivity contribution in [2.45, 2.75) is 25.3 Å². The molecule has 0 bridgehead atoms. The van der Waals surface area contributed by atoms with Crippen LogP contribution in [0.3, 0.4) is 0 Å². The van der Waals surface area contributed by atoms with E-state index < -0.39 is 5.54 Å². The fourth-order valence-electron chi connectivity index (χ4n) is 2.03. The molecule has 92 valence electrons. The zero-order valence-corrected chi connectivity index (χ0v) is 10.2.